The Balaban J connectivity index is 0.00000306. The second-order valence-electron chi connectivity index (χ2n) is 8.36. The van der Waals surface area contributed by atoms with E-state index in [1.54, 1.807) is 21.3 Å². The highest BCUT2D eigenvalue weighted by Gasteiger charge is 2.23. The first-order valence-corrected chi connectivity index (χ1v) is 11.4. The van der Waals surface area contributed by atoms with Crippen LogP contribution in [0.2, 0.25) is 0 Å². The van der Waals surface area contributed by atoms with Gasteiger partial charge in [0.15, 0.2) is 11.8 Å². The molecule has 182 valence electrons. The number of aryl methyl sites for hydroxylation is 1. The Labute approximate surface area is 212 Å². The Morgan fingerprint density at radius 2 is 2.03 bits per heavy atom. The van der Waals surface area contributed by atoms with E-state index in [-0.39, 0.29) is 30.0 Å². The largest absolute Gasteiger partial charge is 0.497 e. The van der Waals surface area contributed by atoms with Crippen LogP contribution in [-0.4, -0.2) is 54.1 Å². The Hall–Kier alpha value is -2.08. The van der Waals surface area contributed by atoms with Gasteiger partial charge < -0.3 is 24.8 Å². The van der Waals surface area contributed by atoms with Gasteiger partial charge in [-0.2, -0.15) is 5.10 Å². The van der Waals surface area contributed by atoms with E-state index in [4.69, 9.17) is 14.2 Å². The first-order chi connectivity index (χ1) is 15.7. The Bertz CT molecular complexity index is 929. The molecule has 4 rings (SSSR count). The van der Waals surface area contributed by atoms with Crippen molar-refractivity contribution >= 4 is 29.9 Å². The van der Waals surface area contributed by atoms with E-state index in [1.165, 1.54) is 12.8 Å². The lowest BCUT2D eigenvalue weighted by Gasteiger charge is -2.25. The maximum atomic E-state index is 6.32. The third kappa shape index (κ3) is 6.72. The average molecular weight is 570 g/mol. The van der Waals surface area contributed by atoms with Crippen LogP contribution in [0, 0.1) is 0 Å². The second-order valence-corrected chi connectivity index (χ2v) is 8.36. The summed E-state index contributed by atoms with van der Waals surface area (Å²) in [6, 6.07) is 6.25. The van der Waals surface area contributed by atoms with Crippen LogP contribution in [0.1, 0.15) is 49.3 Å². The van der Waals surface area contributed by atoms with Gasteiger partial charge in [0.05, 0.1) is 19.8 Å². The summed E-state index contributed by atoms with van der Waals surface area (Å²) in [5.74, 6) is 4.21. The van der Waals surface area contributed by atoms with Crippen molar-refractivity contribution in [1.29, 1.82) is 0 Å². The smallest absolute Gasteiger partial charge is 0.191 e. The van der Waals surface area contributed by atoms with E-state index >= 15 is 0 Å². The normalized spacial score (nSPS) is 18.4. The van der Waals surface area contributed by atoms with Crippen molar-refractivity contribution in [3.8, 4) is 11.5 Å². The molecule has 1 saturated carbocycles. The molecule has 1 aliphatic heterocycles. The minimum atomic E-state index is 0. The first-order valence-electron chi connectivity index (χ1n) is 11.4. The van der Waals surface area contributed by atoms with Crippen molar-refractivity contribution in [3.05, 3.63) is 35.4 Å². The lowest BCUT2D eigenvalue weighted by molar-refractivity contribution is 0.177. The fourth-order valence-corrected chi connectivity index (χ4v) is 4.34. The van der Waals surface area contributed by atoms with Gasteiger partial charge in [0.25, 0.3) is 0 Å². The number of aliphatic imine (C=N–C) groups is 1. The van der Waals surface area contributed by atoms with Gasteiger partial charge in [0.1, 0.15) is 23.9 Å². The van der Waals surface area contributed by atoms with E-state index in [0.29, 0.717) is 19.3 Å². The van der Waals surface area contributed by atoms with E-state index in [0.717, 1.165) is 66.9 Å². The van der Waals surface area contributed by atoms with Crippen molar-refractivity contribution in [3.63, 3.8) is 0 Å². The molecule has 1 aromatic carbocycles. The number of methoxy groups -OCH3 is 2. The molecule has 0 bridgehead atoms. The SMILES string of the molecule is CN=C(NCc1ccc(OC)cc1OC1CCCC1)NC1CCc2nc(COC)nn2C1.I. The molecule has 2 aromatic rings. The number of rotatable bonds is 8. The number of hydrogen-bond donors (Lipinski definition) is 2. The van der Waals surface area contributed by atoms with E-state index in [2.05, 4.69) is 31.8 Å². The van der Waals surface area contributed by atoms with Gasteiger partial charge in [0.2, 0.25) is 0 Å². The molecule has 1 unspecified atom stereocenters. The molecule has 33 heavy (non-hydrogen) atoms. The summed E-state index contributed by atoms with van der Waals surface area (Å²) in [7, 11) is 5.13. The van der Waals surface area contributed by atoms with Crippen molar-refractivity contribution in [2.75, 3.05) is 21.3 Å². The predicted octanol–water partition coefficient (Wildman–Crippen LogP) is 3.05. The Morgan fingerprint density at radius 1 is 1.21 bits per heavy atom. The third-order valence-electron chi connectivity index (χ3n) is 6.06. The van der Waals surface area contributed by atoms with Crippen LogP contribution < -0.4 is 20.1 Å². The molecule has 2 aliphatic rings. The van der Waals surface area contributed by atoms with Crippen LogP contribution in [0.3, 0.4) is 0 Å². The monoisotopic (exact) mass is 570 g/mol. The number of nitrogens with zero attached hydrogens (tertiary/aromatic N) is 4. The lowest BCUT2D eigenvalue weighted by Crippen LogP contribution is -2.46. The Kier molecular flexibility index (Phi) is 9.60. The molecule has 0 amide bonds. The second kappa shape index (κ2) is 12.4. The van der Waals surface area contributed by atoms with Gasteiger partial charge in [-0.3, -0.25) is 4.99 Å². The zero-order valence-electron chi connectivity index (χ0n) is 19.7. The van der Waals surface area contributed by atoms with Crippen molar-refractivity contribution < 1.29 is 14.2 Å². The van der Waals surface area contributed by atoms with Crippen LogP contribution >= 0.6 is 24.0 Å². The van der Waals surface area contributed by atoms with Crippen molar-refractivity contribution in [2.24, 2.45) is 4.99 Å². The molecule has 1 aromatic heterocycles. The summed E-state index contributed by atoms with van der Waals surface area (Å²) < 4.78 is 18.9. The van der Waals surface area contributed by atoms with Gasteiger partial charge in [0, 0.05) is 44.8 Å². The maximum absolute atomic E-state index is 6.32. The standard InChI is InChI=1S/C23H34N6O3.HI/c1-24-23(26-17-9-11-22-27-21(15-30-2)28-29(22)14-17)25-13-16-8-10-19(31-3)12-20(16)32-18-6-4-5-7-18;/h8,10,12,17-18H,4-7,9,11,13-15H2,1-3H3,(H2,24,25,26);1H. The Morgan fingerprint density at radius 3 is 2.76 bits per heavy atom. The predicted molar refractivity (Wildman–Crippen MR) is 137 cm³/mol. The van der Waals surface area contributed by atoms with E-state index in [9.17, 15) is 0 Å². The number of guanidine groups is 1. The molecule has 1 aliphatic carbocycles. The van der Waals surface area contributed by atoms with Gasteiger partial charge in [-0.25, -0.2) is 9.67 Å². The maximum Gasteiger partial charge on any atom is 0.191 e. The number of aromatic nitrogens is 3. The summed E-state index contributed by atoms with van der Waals surface area (Å²) in [5.41, 5.74) is 1.09. The fraction of sp³-hybridized carbons (Fsp3) is 0.609. The van der Waals surface area contributed by atoms with Crippen molar-refractivity contribution in [1.82, 2.24) is 25.4 Å². The molecule has 9 nitrogen and oxygen atoms in total. The highest BCUT2D eigenvalue weighted by Crippen LogP contribution is 2.30. The van der Waals surface area contributed by atoms with Crippen LogP contribution in [0.25, 0.3) is 0 Å². The summed E-state index contributed by atoms with van der Waals surface area (Å²) in [6.45, 7) is 1.81. The van der Waals surface area contributed by atoms with E-state index < -0.39 is 0 Å². The number of fused-ring (bicyclic) bond motifs is 1. The third-order valence-corrected chi connectivity index (χ3v) is 6.06. The molecule has 0 saturated heterocycles. The van der Waals surface area contributed by atoms with Gasteiger partial charge in [-0.1, -0.05) is 0 Å². The molecule has 0 spiro atoms. The summed E-state index contributed by atoms with van der Waals surface area (Å²) in [4.78, 5) is 8.96. The number of halogens is 1. The van der Waals surface area contributed by atoms with Crippen molar-refractivity contribution in [2.45, 2.75) is 70.4 Å². The lowest BCUT2D eigenvalue weighted by atomic mass is 10.1. The summed E-state index contributed by atoms with van der Waals surface area (Å²) >= 11 is 0. The van der Waals surface area contributed by atoms with Crippen LogP contribution in [0.5, 0.6) is 11.5 Å². The summed E-state index contributed by atoms with van der Waals surface area (Å²) in [6.07, 6.45) is 6.85. The quantitative estimate of drug-likeness (QED) is 0.286. The highest BCUT2D eigenvalue weighted by molar-refractivity contribution is 14.0. The van der Waals surface area contributed by atoms with Crippen LogP contribution in [0.4, 0.5) is 0 Å². The number of nitrogens with one attached hydrogen (secondary N) is 2. The zero-order valence-corrected chi connectivity index (χ0v) is 22.0. The zero-order chi connectivity index (χ0) is 22.3. The minimum Gasteiger partial charge on any atom is -0.497 e. The number of benzene rings is 1. The molecule has 1 fully saturated rings. The summed E-state index contributed by atoms with van der Waals surface area (Å²) in [5, 5.41) is 11.5. The molecule has 2 N–H and O–H groups in total. The van der Waals surface area contributed by atoms with Gasteiger partial charge in [-0.15, -0.1) is 24.0 Å². The fourth-order valence-electron chi connectivity index (χ4n) is 4.34. The molecule has 10 heteroatoms. The first kappa shape index (κ1) is 25.5. The molecule has 1 atom stereocenters. The molecule has 2 heterocycles. The van der Waals surface area contributed by atoms with Gasteiger partial charge in [-0.05, 0) is 44.2 Å². The van der Waals surface area contributed by atoms with Crippen LogP contribution in [0.15, 0.2) is 23.2 Å². The molecule has 0 radical (unpaired) electrons. The van der Waals surface area contributed by atoms with Gasteiger partial charge >= 0.3 is 0 Å². The highest BCUT2D eigenvalue weighted by atomic mass is 127. The topological polar surface area (TPSA) is 94.8 Å². The minimum absolute atomic E-state index is 0. The number of ether oxygens (including phenoxy) is 3. The molecular weight excluding hydrogens is 535 g/mol. The molecular formula is C23H35IN6O3. The van der Waals surface area contributed by atoms with E-state index in [1.807, 2.05) is 16.8 Å². The average Bonchev–Trinajstić information content (AvgIpc) is 3.46. The van der Waals surface area contributed by atoms with Crippen LogP contribution in [-0.2, 0) is 30.9 Å². The number of hydrogen-bond acceptors (Lipinski definition) is 6.